The van der Waals surface area contributed by atoms with Crippen molar-refractivity contribution in [1.82, 2.24) is 0 Å². The number of hydrogen-bond donors (Lipinski definition) is 1. The molecule has 0 heterocycles. The molecule has 1 aliphatic rings. The van der Waals surface area contributed by atoms with E-state index in [1.165, 1.54) is 24.0 Å². The van der Waals surface area contributed by atoms with Crippen LogP contribution in [-0.2, 0) is 0 Å². The molecule has 2 rings (SSSR count). The van der Waals surface area contributed by atoms with Crippen molar-refractivity contribution in [2.75, 3.05) is 0 Å². The minimum absolute atomic E-state index is 0.164. The van der Waals surface area contributed by atoms with Crippen molar-refractivity contribution in [3.05, 3.63) is 42.0 Å². The van der Waals surface area contributed by atoms with Gasteiger partial charge in [-0.2, -0.15) is 0 Å². The molecule has 98 valence electrons. The number of aliphatic hydroxyl groups is 1. The second-order valence-corrected chi connectivity index (χ2v) is 5.33. The van der Waals surface area contributed by atoms with Crippen LogP contribution < -0.4 is 0 Å². The Labute approximate surface area is 111 Å². The molecular weight excluding hydrogens is 220 g/mol. The Morgan fingerprint density at radius 3 is 2.67 bits per heavy atom. The van der Waals surface area contributed by atoms with Gasteiger partial charge in [-0.3, -0.25) is 0 Å². The lowest BCUT2D eigenvalue weighted by Crippen LogP contribution is -2.04. The standard InChI is InChI=1S/C17H24O/c1-2-3-9-16(18)12-13-17(15-10-11-15)14-7-5-4-6-8-14/h4-8,13,15-16,18H,2-3,9-12H2,1H3/b17-13-. The third-order valence-electron chi connectivity index (χ3n) is 3.63. The summed E-state index contributed by atoms with van der Waals surface area (Å²) >= 11 is 0. The topological polar surface area (TPSA) is 20.2 Å². The molecule has 1 aromatic carbocycles. The third kappa shape index (κ3) is 3.99. The highest BCUT2D eigenvalue weighted by Gasteiger charge is 2.26. The first-order chi connectivity index (χ1) is 8.81. The van der Waals surface area contributed by atoms with E-state index in [0.717, 1.165) is 31.6 Å². The fourth-order valence-electron chi connectivity index (χ4n) is 2.37. The Hall–Kier alpha value is -1.08. The van der Waals surface area contributed by atoms with Crippen LogP contribution in [0.5, 0.6) is 0 Å². The van der Waals surface area contributed by atoms with Crippen LogP contribution in [0.3, 0.4) is 0 Å². The maximum absolute atomic E-state index is 9.93. The Morgan fingerprint density at radius 2 is 2.06 bits per heavy atom. The fraction of sp³-hybridized carbons (Fsp3) is 0.529. The third-order valence-corrected chi connectivity index (χ3v) is 3.63. The number of hydrogen-bond acceptors (Lipinski definition) is 1. The summed E-state index contributed by atoms with van der Waals surface area (Å²) in [7, 11) is 0. The highest BCUT2D eigenvalue weighted by Crippen LogP contribution is 2.42. The van der Waals surface area contributed by atoms with E-state index in [-0.39, 0.29) is 6.10 Å². The molecule has 1 saturated carbocycles. The maximum Gasteiger partial charge on any atom is 0.0574 e. The minimum Gasteiger partial charge on any atom is -0.393 e. The lowest BCUT2D eigenvalue weighted by Gasteiger charge is -2.10. The Kier molecular flexibility index (Phi) is 5.00. The van der Waals surface area contributed by atoms with Gasteiger partial charge in [-0.25, -0.2) is 0 Å². The summed E-state index contributed by atoms with van der Waals surface area (Å²) in [4.78, 5) is 0. The molecule has 0 spiro atoms. The number of rotatable bonds is 7. The molecule has 18 heavy (non-hydrogen) atoms. The van der Waals surface area contributed by atoms with Crippen molar-refractivity contribution in [2.24, 2.45) is 5.92 Å². The molecule has 1 unspecified atom stereocenters. The number of aliphatic hydroxyl groups excluding tert-OH is 1. The Morgan fingerprint density at radius 1 is 1.33 bits per heavy atom. The van der Waals surface area contributed by atoms with Crippen LogP contribution in [0.4, 0.5) is 0 Å². The van der Waals surface area contributed by atoms with Gasteiger partial charge in [-0.15, -0.1) is 0 Å². The van der Waals surface area contributed by atoms with E-state index in [4.69, 9.17) is 0 Å². The molecule has 0 aliphatic heterocycles. The zero-order valence-electron chi connectivity index (χ0n) is 11.3. The van der Waals surface area contributed by atoms with Crippen LogP contribution in [0, 0.1) is 5.92 Å². The van der Waals surface area contributed by atoms with Crippen molar-refractivity contribution >= 4 is 5.57 Å². The Balaban J connectivity index is 1.98. The van der Waals surface area contributed by atoms with Crippen LogP contribution in [0.25, 0.3) is 5.57 Å². The van der Waals surface area contributed by atoms with Crippen LogP contribution in [0.15, 0.2) is 36.4 Å². The van der Waals surface area contributed by atoms with Gasteiger partial charge in [-0.1, -0.05) is 56.2 Å². The predicted molar refractivity (Wildman–Crippen MR) is 77.3 cm³/mol. The van der Waals surface area contributed by atoms with E-state index in [9.17, 15) is 5.11 Å². The van der Waals surface area contributed by atoms with Crippen molar-refractivity contribution < 1.29 is 5.11 Å². The fourth-order valence-corrected chi connectivity index (χ4v) is 2.37. The number of unbranched alkanes of at least 4 members (excludes halogenated alkanes) is 1. The normalized spacial score (nSPS) is 17.8. The summed E-state index contributed by atoms with van der Waals surface area (Å²) in [5.41, 5.74) is 2.79. The van der Waals surface area contributed by atoms with Crippen molar-refractivity contribution in [1.29, 1.82) is 0 Å². The van der Waals surface area contributed by atoms with Crippen LogP contribution >= 0.6 is 0 Å². The molecule has 1 nitrogen and oxygen atoms in total. The van der Waals surface area contributed by atoms with Crippen LogP contribution in [0.1, 0.15) is 51.0 Å². The minimum atomic E-state index is -0.164. The second-order valence-electron chi connectivity index (χ2n) is 5.33. The summed E-state index contributed by atoms with van der Waals surface area (Å²) < 4.78 is 0. The smallest absolute Gasteiger partial charge is 0.0574 e. The molecule has 0 aromatic heterocycles. The zero-order valence-corrected chi connectivity index (χ0v) is 11.3. The van der Waals surface area contributed by atoms with E-state index >= 15 is 0 Å². The van der Waals surface area contributed by atoms with E-state index in [2.05, 4.69) is 43.3 Å². The first-order valence-electron chi connectivity index (χ1n) is 7.24. The van der Waals surface area contributed by atoms with Gasteiger partial charge in [0.25, 0.3) is 0 Å². The van der Waals surface area contributed by atoms with Gasteiger partial charge in [0.1, 0.15) is 0 Å². The van der Waals surface area contributed by atoms with Gasteiger partial charge in [0.15, 0.2) is 0 Å². The van der Waals surface area contributed by atoms with E-state index in [1.54, 1.807) is 0 Å². The van der Waals surface area contributed by atoms with Gasteiger partial charge in [0.2, 0.25) is 0 Å². The van der Waals surface area contributed by atoms with E-state index < -0.39 is 0 Å². The second kappa shape index (κ2) is 6.75. The van der Waals surface area contributed by atoms with E-state index in [1.807, 2.05) is 0 Å². The van der Waals surface area contributed by atoms with Gasteiger partial charge < -0.3 is 5.11 Å². The molecule has 1 heteroatoms. The highest BCUT2D eigenvalue weighted by atomic mass is 16.3. The monoisotopic (exact) mass is 244 g/mol. The lowest BCUT2D eigenvalue weighted by molar-refractivity contribution is 0.164. The van der Waals surface area contributed by atoms with Crippen molar-refractivity contribution in [3.63, 3.8) is 0 Å². The number of allylic oxidation sites excluding steroid dienone is 1. The molecule has 0 saturated heterocycles. The zero-order chi connectivity index (χ0) is 12.8. The molecule has 0 bridgehead atoms. The lowest BCUT2D eigenvalue weighted by atomic mass is 9.98. The molecule has 1 fully saturated rings. The van der Waals surface area contributed by atoms with Crippen LogP contribution in [0.2, 0.25) is 0 Å². The SMILES string of the molecule is CCCCC(O)C/C=C(/c1ccccc1)C1CC1. The predicted octanol–water partition coefficient (Wildman–Crippen LogP) is 4.42. The van der Waals surface area contributed by atoms with Gasteiger partial charge in [-0.05, 0) is 42.7 Å². The summed E-state index contributed by atoms with van der Waals surface area (Å²) in [6.45, 7) is 2.17. The van der Waals surface area contributed by atoms with Crippen LogP contribution in [-0.4, -0.2) is 11.2 Å². The first-order valence-corrected chi connectivity index (χ1v) is 7.24. The molecule has 1 aromatic rings. The largest absolute Gasteiger partial charge is 0.393 e. The quantitative estimate of drug-likeness (QED) is 0.752. The van der Waals surface area contributed by atoms with Crippen molar-refractivity contribution in [3.8, 4) is 0 Å². The summed E-state index contributed by atoms with van der Waals surface area (Å²) in [6, 6.07) is 10.6. The van der Waals surface area contributed by atoms with Crippen molar-refractivity contribution in [2.45, 2.75) is 51.6 Å². The van der Waals surface area contributed by atoms with Gasteiger partial charge >= 0.3 is 0 Å². The number of benzene rings is 1. The average Bonchev–Trinajstić information content (AvgIpc) is 3.22. The maximum atomic E-state index is 9.93. The molecule has 1 aliphatic carbocycles. The Bertz CT molecular complexity index is 376. The summed E-state index contributed by atoms with van der Waals surface area (Å²) in [6.07, 6.45) is 8.75. The molecule has 0 amide bonds. The average molecular weight is 244 g/mol. The first kappa shape index (κ1) is 13.4. The van der Waals surface area contributed by atoms with Gasteiger partial charge in [0, 0.05) is 0 Å². The molecule has 1 atom stereocenters. The molecule has 1 N–H and O–H groups in total. The summed E-state index contributed by atoms with van der Waals surface area (Å²) in [5.74, 6) is 0.741. The molecular formula is C17H24O. The summed E-state index contributed by atoms with van der Waals surface area (Å²) in [5, 5.41) is 9.93. The van der Waals surface area contributed by atoms with E-state index in [0.29, 0.717) is 0 Å². The highest BCUT2D eigenvalue weighted by molar-refractivity contribution is 5.69. The molecule has 0 radical (unpaired) electrons. The van der Waals surface area contributed by atoms with Gasteiger partial charge in [0.05, 0.1) is 6.10 Å².